The summed E-state index contributed by atoms with van der Waals surface area (Å²) in [5.41, 5.74) is 2.09. The lowest BCUT2D eigenvalue weighted by Gasteiger charge is -2.33. The van der Waals surface area contributed by atoms with Gasteiger partial charge in [-0.15, -0.1) is 0 Å². The summed E-state index contributed by atoms with van der Waals surface area (Å²) in [6.07, 6.45) is 6.45. The maximum absolute atomic E-state index is 12.9. The number of carbonyl (C=O) groups is 2. The molecule has 2 saturated heterocycles. The summed E-state index contributed by atoms with van der Waals surface area (Å²) in [6.45, 7) is 2.50. The van der Waals surface area contributed by atoms with Crippen LogP contribution in [0.4, 0.5) is 5.82 Å². The van der Waals surface area contributed by atoms with E-state index in [4.69, 9.17) is 4.74 Å². The molecular weight excluding hydrogens is 394 g/mol. The summed E-state index contributed by atoms with van der Waals surface area (Å²) >= 11 is 0. The van der Waals surface area contributed by atoms with Crippen LogP contribution in [0.25, 0.3) is 10.9 Å². The van der Waals surface area contributed by atoms with Crippen LogP contribution < -0.4 is 5.32 Å². The second-order valence-corrected chi connectivity index (χ2v) is 8.36. The van der Waals surface area contributed by atoms with E-state index in [2.05, 4.69) is 15.4 Å². The number of hydrogen-bond donors (Lipinski definition) is 2. The lowest BCUT2D eigenvalue weighted by Crippen LogP contribution is -2.40. The number of nitrogens with one attached hydrogen (secondary N) is 2. The average Bonchev–Trinajstić information content (AvgIpc) is 3.56. The van der Waals surface area contributed by atoms with Crippen molar-refractivity contribution in [1.29, 1.82) is 0 Å². The van der Waals surface area contributed by atoms with Crippen molar-refractivity contribution < 1.29 is 14.3 Å². The Labute approximate surface area is 180 Å². The normalized spacial score (nSPS) is 19.7. The van der Waals surface area contributed by atoms with Crippen molar-refractivity contribution in [3.8, 4) is 0 Å². The van der Waals surface area contributed by atoms with Crippen LogP contribution in [-0.4, -0.2) is 57.8 Å². The van der Waals surface area contributed by atoms with Crippen LogP contribution in [-0.2, 0) is 20.7 Å². The van der Waals surface area contributed by atoms with E-state index in [0.717, 1.165) is 41.5 Å². The van der Waals surface area contributed by atoms with Gasteiger partial charge >= 0.3 is 0 Å². The fraction of sp³-hybridized carbons (Fsp3) is 0.435. The summed E-state index contributed by atoms with van der Waals surface area (Å²) in [5, 5.41) is 8.56. The van der Waals surface area contributed by atoms with Gasteiger partial charge in [0.1, 0.15) is 5.82 Å². The quantitative estimate of drug-likeness (QED) is 0.663. The van der Waals surface area contributed by atoms with E-state index in [1.165, 1.54) is 0 Å². The van der Waals surface area contributed by atoms with Gasteiger partial charge in [0.15, 0.2) is 0 Å². The van der Waals surface area contributed by atoms with Gasteiger partial charge in [-0.25, -0.2) is 4.68 Å². The van der Waals surface area contributed by atoms with Gasteiger partial charge in [-0.1, -0.05) is 18.2 Å². The molecule has 2 aromatic heterocycles. The molecule has 0 spiro atoms. The van der Waals surface area contributed by atoms with Crippen molar-refractivity contribution in [3.05, 3.63) is 48.3 Å². The minimum atomic E-state index is -0.0904. The topological polar surface area (TPSA) is 92.3 Å². The molecule has 1 atom stereocenters. The Kier molecular flexibility index (Phi) is 5.46. The molecule has 0 aliphatic carbocycles. The zero-order chi connectivity index (χ0) is 21.2. The lowest BCUT2D eigenvalue weighted by atomic mass is 10.0. The number of anilines is 1. The first-order valence-electron chi connectivity index (χ1n) is 10.9. The molecule has 0 saturated carbocycles. The minimum absolute atomic E-state index is 0.00871. The first kappa shape index (κ1) is 19.8. The van der Waals surface area contributed by atoms with Gasteiger partial charge in [-0.05, 0) is 30.9 Å². The summed E-state index contributed by atoms with van der Waals surface area (Å²) < 4.78 is 7.21. The molecule has 1 aromatic carbocycles. The molecule has 5 rings (SSSR count). The number of H-pyrrole nitrogens is 1. The molecule has 2 N–H and O–H groups in total. The molecule has 8 heteroatoms. The number of likely N-dealkylation sites (tertiary alicyclic amines) is 1. The van der Waals surface area contributed by atoms with Crippen LogP contribution in [0, 0.1) is 5.92 Å². The third-order valence-corrected chi connectivity index (χ3v) is 6.40. The summed E-state index contributed by atoms with van der Waals surface area (Å²) in [5.74, 6) is 0.775. The van der Waals surface area contributed by atoms with E-state index in [1.807, 2.05) is 46.1 Å². The molecule has 2 amide bonds. The van der Waals surface area contributed by atoms with E-state index in [1.54, 1.807) is 6.20 Å². The van der Waals surface area contributed by atoms with Crippen molar-refractivity contribution in [1.82, 2.24) is 19.7 Å². The Bertz CT molecular complexity index is 1070. The Morgan fingerprint density at radius 3 is 2.81 bits per heavy atom. The van der Waals surface area contributed by atoms with Gasteiger partial charge in [0.05, 0.1) is 31.2 Å². The fourth-order valence-electron chi connectivity index (χ4n) is 4.59. The monoisotopic (exact) mass is 421 g/mol. The number of para-hydroxylation sites is 1. The van der Waals surface area contributed by atoms with Gasteiger partial charge in [-0.2, -0.15) is 5.10 Å². The van der Waals surface area contributed by atoms with E-state index in [-0.39, 0.29) is 23.8 Å². The van der Waals surface area contributed by atoms with E-state index in [9.17, 15) is 9.59 Å². The van der Waals surface area contributed by atoms with E-state index < -0.39 is 0 Å². The highest BCUT2D eigenvalue weighted by atomic mass is 16.5. The van der Waals surface area contributed by atoms with Crippen LogP contribution in [0.2, 0.25) is 0 Å². The number of benzene rings is 1. The number of nitrogens with zero attached hydrogens (tertiary/aromatic N) is 3. The number of carbonyl (C=O) groups excluding carboxylic acids is 2. The number of hydrogen-bond acceptors (Lipinski definition) is 4. The molecule has 31 heavy (non-hydrogen) atoms. The van der Waals surface area contributed by atoms with Gasteiger partial charge in [0, 0.05) is 42.9 Å². The molecule has 4 heterocycles. The molecule has 0 radical (unpaired) electrons. The average molecular weight is 422 g/mol. The van der Waals surface area contributed by atoms with Crippen molar-refractivity contribution in [2.24, 2.45) is 5.92 Å². The maximum Gasteiger partial charge on any atom is 0.231 e. The highest BCUT2D eigenvalue weighted by Gasteiger charge is 2.28. The Morgan fingerprint density at radius 2 is 2.00 bits per heavy atom. The van der Waals surface area contributed by atoms with E-state index >= 15 is 0 Å². The zero-order valence-corrected chi connectivity index (χ0v) is 17.4. The number of rotatable bonds is 5. The Morgan fingerprint density at radius 1 is 1.16 bits per heavy atom. The number of piperidine rings is 1. The SMILES string of the molecule is O=C(Nc1ccnn1C1CCN(C(=O)Cc2c[nH]c3ccccc23)CC1)[C@H]1CCOC1. The molecule has 2 aliphatic heterocycles. The highest BCUT2D eigenvalue weighted by Crippen LogP contribution is 2.27. The van der Waals surface area contributed by atoms with Crippen LogP contribution in [0.3, 0.4) is 0 Å². The largest absolute Gasteiger partial charge is 0.381 e. The molecule has 162 valence electrons. The predicted molar refractivity (Wildman–Crippen MR) is 117 cm³/mol. The summed E-state index contributed by atoms with van der Waals surface area (Å²) in [6, 6.07) is 10.1. The van der Waals surface area contributed by atoms with Crippen molar-refractivity contribution in [3.63, 3.8) is 0 Å². The molecule has 0 bridgehead atoms. The number of fused-ring (bicyclic) bond motifs is 1. The van der Waals surface area contributed by atoms with Crippen LogP contribution in [0.5, 0.6) is 0 Å². The van der Waals surface area contributed by atoms with Crippen LogP contribution in [0.15, 0.2) is 42.7 Å². The van der Waals surface area contributed by atoms with Gasteiger partial charge < -0.3 is 19.9 Å². The van der Waals surface area contributed by atoms with Crippen LogP contribution >= 0.6 is 0 Å². The Hall–Kier alpha value is -3.13. The van der Waals surface area contributed by atoms with Gasteiger partial charge in [0.2, 0.25) is 11.8 Å². The molecular formula is C23H27N5O3. The van der Waals surface area contributed by atoms with Gasteiger partial charge in [0.25, 0.3) is 0 Å². The lowest BCUT2D eigenvalue weighted by molar-refractivity contribution is -0.131. The molecule has 8 nitrogen and oxygen atoms in total. The Balaban J connectivity index is 1.18. The second kappa shape index (κ2) is 8.55. The third kappa shape index (κ3) is 4.07. The molecule has 2 fully saturated rings. The van der Waals surface area contributed by atoms with Crippen molar-refractivity contribution in [2.45, 2.75) is 31.7 Å². The van der Waals surface area contributed by atoms with Crippen LogP contribution in [0.1, 0.15) is 30.9 Å². The van der Waals surface area contributed by atoms with Crippen molar-refractivity contribution >= 4 is 28.5 Å². The third-order valence-electron chi connectivity index (χ3n) is 6.40. The molecule has 0 unspecified atom stereocenters. The molecule has 2 aliphatic rings. The smallest absolute Gasteiger partial charge is 0.231 e. The van der Waals surface area contributed by atoms with Crippen molar-refractivity contribution in [2.75, 3.05) is 31.6 Å². The van der Waals surface area contributed by atoms with E-state index in [0.29, 0.717) is 32.7 Å². The number of amides is 2. The van der Waals surface area contributed by atoms with Gasteiger partial charge in [-0.3, -0.25) is 9.59 Å². The maximum atomic E-state index is 12.9. The zero-order valence-electron chi connectivity index (χ0n) is 17.4. The first-order chi connectivity index (χ1) is 15.2. The second-order valence-electron chi connectivity index (χ2n) is 8.36. The standard InChI is InChI=1S/C23H27N5O3/c29-22(13-17-14-24-20-4-2-1-3-19(17)20)27-10-6-18(7-11-27)28-21(5-9-25-28)26-23(30)16-8-12-31-15-16/h1-5,9,14,16,18,24H,6-8,10-13,15H2,(H,26,30)/t16-/m0/s1. The fourth-order valence-corrected chi connectivity index (χ4v) is 4.59. The first-order valence-corrected chi connectivity index (χ1v) is 10.9. The highest BCUT2D eigenvalue weighted by molar-refractivity contribution is 5.92. The summed E-state index contributed by atoms with van der Waals surface area (Å²) in [7, 11) is 0. The number of aromatic amines is 1. The molecule has 3 aromatic rings. The minimum Gasteiger partial charge on any atom is -0.381 e. The number of aromatic nitrogens is 3. The summed E-state index contributed by atoms with van der Waals surface area (Å²) in [4.78, 5) is 30.5. The number of ether oxygens (including phenoxy) is 1. The predicted octanol–water partition coefficient (Wildman–Crippen LogP) is 2.75.